The predicted molar refractivity (Wildman–Crippen MR) is 111 cm³/mol. The molecule has 1 saturated heterocycles. The van der Waals surface area contributed by atoms with E-state index in [1.165, 1.54) is 56.2 Å². The number of thioether (sulfide) groups is 1. The van der Waals surface area contributed by atoms with Gasteiger partial charge >= 0.3 is 0 Å². The fourth-order valence-corrected chi connectivity index (χ4v) is 5.88. The van der Waals surface area contributed by atoms with Gasteiger partial charge in [-0.15, -0.1) is 0 Å². The van der Waals surface area contributed by atoms with E-state index in [1.54, 1.807) is 0 Å². The van der Waals surface area contributed by atoms with Gasteiger partial charge in [-0.25, -0.2) is 0 Å². The highest BCUT2D eigenvalue weighted by Gasteiger charge is 2.31. The monoisotopic (exact) mass is 390 g/mol. The molecule has 150 valence electrons. The summed E-state index contributed by atoms with van der Waals surface area (Å²) in [5.74, 6) is 2.25. The molecule has 1 aliphatic heterocycles. The van der Waals surface area contributed by atoms with E-state index in [2.05, 4.69) is 10.4 Å². The second kappa shape index (κ2) is 8.99. The van der Waals surface area contributed by atoms with E-state index >= 15 is 0 Å². The maximum atomic E-state index is 13.1. The van der Waals surface area contributed by atoms with Crippen LogP contribution in [0.2, 0.25) is 0 Å². The number of nitrogens with zero attached hydrogens (tertiary/aromatic N) is 3. The van der Waals surface area contributed by atoms with Crippen molar-refractivity contribution >= 4 is 17.7 Å². The Labute approximate surface area is 167 Å². The molecule has 2 heterocycles. The van der Waals surface area contributed by atoms with Crippen LogP contribution in [0.3, 0.4) is 0 Å². The molecule has 1 aromatic heterocycles. The molecule has 0 bridgehead atoms. The van der Waals surface area contributed by atoms with Gasteiger partial charge in [0.2, 0.25) is 0 Å². The number of carbonyl (C=O) groups is 1. The minimum atomic E-state index is 0.152. The maximum Gasteiger partial charge on any atom is 0.274 e. The molecule has 1 amide bonds. The van der Waals surface area contributed by atoms with Gasteiger partial charge in [-0.2, -0.15) is 16.9 Å². The highest BCUT2D eigenvalue weighted by Crippen LogP contribution is 2.27. The van der Waals surface area contributed by atoms with E-state index in [4.69, 9.17) is 0 Å². The molecular formula is C21H34N4OS. The van der Waals surface area contributed by atoms with Crippen molar-refractivity contribution < 1.29 is 4.79 Å². The lowest BCUT2D eigenvalue weighted by atomic mass is 9.89. The molecule has 27 heavy (non-hydrogen) atoms. The Morgan fingerprint density at radius 3 is 2.48 bits per heavy atom. The van der Waals surface area contributed by atoms with E-state index in [-0.39, 0.29) is 5.91 Å². The number of aryl methyl sites for hydroxylation is 1. The molecule has 1 N–H and O–H groups in total. The summed E-state index contributed by atoms with van der Waals surface area (Å²) in [5.41, 5.74) is 3.22. The fourth-order valence-electron chi connectivity index (χ4n) is 4.98. The normalized spacial score (nSPS) is 24.9. The van der Waals surface area contributed by atoms with Crippen molar-refractivity contribution in [3.05, 3.63) is 17.0 Å². The number of nitrogens with one attached hydrogen (secondary N) is 1. The molecule has 6 heteroatoms. The lowest BCUT2D eigenvalue weighted by Gasteiger charge is -2.30. The van der Waals surface area contributed by atoms with Crippen LogP contribution in [-0.4, -0.2) is 57.3 Å². The number of hydrogen-bond donors (Lipinski definition) is 1. The summed E-state index contributed by atoms with van der Waals surface area (Å²) in [6.45, 7) is 1.72. The largest absolute Gasteiger partial charge is 0.336 e. The first-order valence-corrected chi connectivity index (χ1v) is 12.1. The fraction of sp³-hybridized carbons (Fsp3) is 0.810. The van der Waals surface area contributed by atoms with Gasteiger partial charge in [0, 0.05) is 55.0 Å². The molecule has 2 aliphatic carbocycles. The minimum Gasteiger partial charge on any atom is -0.336 e. The van der Waals surface area contributed by atoms with Crippen molar-refractivity contribution in [2.75, 3.05) is 24.6 Å². The van der Waals surface area contributed by atoms with Crippen molar-refractivity contribution in [1.82, 2.24) is 20.0 Å². The average Bonchev–Trinajstić information content (AvgIpc) is 3.00. The summed E-state index contributed by atoms with van der Waals surface area (Å²) >= 11 is 1.94. The van der Waals surface area contributed by atoms with Gasteiger partial charge in [0.1, 0.15) is 0 Å². The third-order valence-electron chi connectivity index (χ3n) is 6.53. The van der Waals surface area contributed by atoms with E-state index in [1.807, 2.05) is 28.4 Å². The molecule has 1 saturated carbocycles. The zero-order valence-corrected chi connectivity index (χ0v) is 17.5. The van der Waals surface area contributed by atoms with E-state index in [9.17, 15) is 4.79 Å². The SMILES string of the molecule is Cn1nc(C(=O)N2CCSCC2)c2c1CCC(NC1CCCCCCC1)C2. The topological polar surface area (TPSA) is 50.2 Å². The van der Waals surface area contributed by atoms with E-state index in [0.717, 1.165) is 49.6 Å². The third kappa shape index (κ3) is 4.53. The van der Waals surface area contributed by atoms with Gasteiger partial charge in [0.25, 0.3) is 5.91 Å². The Bertz CT molecular complexity index is 645. The molecule has 1 atom stereocenters. The third-order valence-corrected chi connectivity index (χ3v) is 7.47. The van der Waals surface area contributed by atoms with Gasteiger partial charge in [-0.3, -0.25) is 9.48 Å². The predicted octanol–water partition coefficient (Wildman–Crippen LogP) is 3.17. The Balaban J connectivity index is 1.45. The summed E-state index contributed by atoms with van der Waals surface area (Å²) in [4.78, 5) is 15.1. The van der Waals surface area contributed by atoms with Gasteiger partial charge < -0.3 is 10.2 Å². The maximum absolute atomic E-state index is 13.1. The number of amides is 1. The standard InChI is InChI=1S/C21H34N4OS/c1-24-19-10-9-17(22-16-7-5-3-2-4-6-8-16)15-18(19)20(23-24)21(26)25-11-13-27-14-12-25/h16-17,22H,2-15H2,1H3. The zero-order valence-electron chi connectivity index (χ0n) is 16.7. The van der Waals surface area contributed by atoms with Crippen LogP contribution in [0.5, 0.6) is 0 Å². The first kappa shape index (κ1) is 19.3. The second-order valence-corrected chi connectivity index (χ2v) is 9.68. The van der Waals surface area contributed by atoms with Crippen molar-refractivity contribution in [3.8, 4) is 0 Å². The number of rotatable bonds is 3. The molecule has 0 aromatic carbocycles. The van der Waals surface area contributed by atoms with Crippen LogP contribution in [0.15, 0.2) is 0 Å². The first-order valence-electron chi connectivity index (χ1n) is 10.9. The average molecular weight is 391 g/mol. The second-order valence-electron chi connectivity index (χ2n) is 8.45. The Morgan fingerprint density at radius 1 is 1.04 bits per heavy atom. The van der Waals surface area contributed by atoms with Crippen LogP contribution in [0, 0.1) is 0 Å². The van der Waals surface area contributed by atoms with Gasteiger partial charge in [-0.1, -0.05) is 32.1 Å². The summed E-state index contributed by atoms with van der Waals surface area (Å²) in [6, 6.07) is 1.15. The van der Waals surface area contributed by atoms with Crippen LogP contribution < -0.4 is 5.32 Å². The van der Waals surface area contributed by atoms with Gasteiger partial charge in [-0.05, 0) is 32.1 Å². The Kier molecular flexibility index (Phi) is 6.43. The minimum absolute atomic E-state index is 0.152. The van der Waals surface area contributed by atoms with Gasteiger partial charge in [0.05, 0.1) is 0 Å². The van der Waals surface area contributed by atoms with E-state index in [0.29, 0.717) is 12.1 Å². The van der Waals surface area contributed by atoms with Crippen LogP contribution in [0.25, 0.3) is 0 Å². The summed E-state index contributed by atoms with van der Waals surface area (Å²) in [6.07, 6.45) is 12.7. The number of aromatic nitrogens is 2. The summed E-state index contributed by atoms with van der Waals surface area (Å²) < 4.78 is 1.97. The highest BCUT2D eigenvalue weighted by molar-refractivity contribution is 7.99. The van der Waals surface area contributed by atoms with Crippen LogP contribution >= 0.6 is 11.8 Å². The Hall–Kier alpha value is -1.01. The molecule has 5 nitrogen and oxygen atoms in total. The lowest BCUT2D eigenvalue weighted by Crippen LogP contribution is -2.43. The summed E-state index contributed by atoms with van der Waals surface area (Å²) in [7, 11) is 2.00. The number of fused-ring (bicyclic) bond motifs is 1. The Morgan fingerprint density at radius 2 is 1.74 bits per heavy atom. The molecule has 1 aromatic rings. The molecule has 1 unspecified atom stereocenters. The molecular weight excluding hydrogens is 356 g/mol. The lowest BCUT2D eigenvalue weighted by molar-refractivity contribution is 0.0764. The number of carbonyl (C=O) groups excluding carboxylic acids is 1. The molecule has 0 radical (unpaired) electrons. The van der Waals surface area contributed by atoms with Gasteiger partial charge in [0.15, 0.2) is 5.69 Å². The zero-order chi connectivity index (χ0) is 18.6. The smallest absolute Gasteiger partial charge is 0.274 e. The van der Waals surface area contributed by atoms with Crippen molar-refractivity contribution in [3.63, 3.8) is 0 Å². The highest BCUT2D eigenvalue weighted by atomic mass is 32.2. The molecule has 0 spiro atoms. The summed E-state index contributed by atoms with van der Waals surface area (Å²) in [5, 5.41) is 8.62. The van der Waals surface area contributed by atoms with Crippen molar-refractivity contribution in [2.24, 2.45) is 7.05 Å². The van der Waals surface area contributed by atoms with Crippen molar-refractivity contribution in [1.29, 1.82) is 0 Å². The van der Waals surface area contributed by atoms with Crippen LogP contribution in [-0.2, 0) is 19.9 Å². The molecule has 4 rings (SSSR count). The van der Waals surface area contributed by atoms with Crippen LogP contribution in [0.1, 0.15) is 73.1 Å². The van der Waals surface area contributed by atoms with Crippen LogP contribution in [0.4, 0.5) is 0 Å². The van der Waals surface area contributed by atoms with Crippen molar-refractivity contribution in [2.45, 2.75) is 76.3 Å². The molecule has 2 fully saturated rings. The number of hydrogen-bond acceptors (Lipinski definition) is 4. The first-order chi connectivity index (χ1) is 13.2. The quantitative estimate of drug-likeness (QED) is 0.861. The molecule has 3 aliphatic rings. The van der Waals surface area contributed by atoms with E-state index < -0.39 is 0 Å².